The molecule has 0 saturated carbocycles. The molecule has 1 heterocycles. The topological polar surface area (TPSA) is 69.6 Å². The van der Waals surface area contributed by atoms with E-state index in [0.717, 1.165) is 25.8 Å². The van der Waals surface area contributed by atoms with E-state index in [-0.39, 0.29) is 24.9 Å². The van der Waals surface area contributed by atoms with E-state index in [4.69, 9.17) is 11.5 Å². The molecule has 5 nitrogen and oxygen atoms in total. The maximum Gasteiger partial charge on any atom is 0.303 e. The van der Waals surface area contributed by atoms with Gasteiger partial charge < -0.3 is 10.0 Å². The Hall–Kier alpha value is -1.54. The molecule has 2 N–H and O–H groups in total. The minimum atomic E-state index is -0.807. The molecule has 1 aliphatic rings. The van der Waals surface area contributed by atoms with Crippen molar-refractivity contribution >= 4 is 11.9 Å². The molecular weight excluding hydrogens is 232 g/mol. The third kappa shape index (κ3) is 4.76. The molecule has 5 heteroatoms. The van der Waals surface area contributed by atoms with Crippen molar-refractivity contribution in [2.45, 2.75) is 38.1 Å². The van der Waals surface area contributed by atoms with Gasteiger partial charge in [-0.1, -0.05) is 5.92 Å². The van der Waals surface area contributed by atoms with E-state index in [9.17, 15) is 9.59 Å². The fourth-order valence-corrected chi connectivity index (χ4v) is 2.26. The fraction of sp³-hybridized carbons (Fsp3) is 0.692. The molecule has 1 rings (SSSR count). The molecule has 1 aliphatic heterocycles. The van der Waals surface area contributed by atoms with Gasteiger partial charge in [0.15, 0.2) is 0 Å². The van der Waals surface area contributed by atoms with Gasteiger partial charge in [0.05, 0.1) is 13.1 Å². The summed E-state index contributed by atoms with van der Waals surface area (Å²) in [6, 6.07) is 0.0648. The highest BCUT2D eigenvalue weighted by atomic mass is 16.4. The summed E-state index contributed by atoms with van der Waals surface area (Å²) in [5.41, 5.74) is 0. The van der Waals surface area contributed by atoms with Crippen LogP contribution in [0.2, 0.25) is 0 Å². The van der Waals surface area contributed by atoms with Crippen molar-refractivity contribution in [1.82, 2.24) is 10.2 Å². The number of hydrogen-bond acceptors (Lipinski definition) is 3. The second-order valence-electron chi connectivity index (χ2n) is 4.48. The lowest BCUT2D eigenvalue weighted by Crippen LogP contribution is -2.47. The molecule has 1 saturated heterocycles. The summed E-state index contributed by atoms with van der Waals surface area (Å²) >= 11 is 0. The first kappa shape index (κ1) is 14.5. The third-order valence-corrected chi connectivity index (χ3v) is 3.14. The molecule has 100 valence electrons. The van der Waals surface area contributed by atoms with E-state index in [0.29, 0.717) is 13.0 Å². The van der Waals surface area contributed by atoms with Gasteiger partial charge in [-0.2, -0.15) is 0 Å². The van der Waals surface area contributed by atoms with Crippen LogP contribution in [0, 0.1) is 12.3 Å². The maximum absolute atomic E-state index is 12.0. The Morgan fingerprint density at radius 1 is 1.44 bits per heavy atom. The normalized spacial score (nSPS) is 19.3. The quantitative estimate of drug-likeness (QED) is 0.532. The van der Waals surface area contributed by atoms with Crippen LogP contribution in [0.25, 0.3) is 0 Å². The third-order valence-electron chi connectivity index (χ3n) is 3.14. The number of aliphatic carboxylic acids is 1. The van der Waals surface area contributed by atoms with Crippen LogP contribution in [0.4, 0.5) is 0 Å². The Kier molecular flexibility index (Phi) is 6.23. The van der Waals surface area contributed by atoms with E-state index >= 15 is 0 Å². The van der Waals surface area contributed by atoms with Gasteiger partial charge in [-0.05, 0) is 25.7 Å². The summed E-state index contributed by atoms with van der Waals surface area (Å²) in [7, 11) is 0. The van der Waals surface area contributed by atoms with Gasteiger partial charge in [0, 0.05) is 19.0 Å². The van der Waals surface area contributed by atoms with Gasteiger partial charge in [0.2, 0.25) is 5.91 Å². The minimum Gasteiger partial charge on any atom is -0.481 e. The molecule has 0 spiro atoms. The van der Waals surface area contributed by atoms with Crippen molar-refractivity contribution in [2.75, 3.05) is 19.6 Å². The second-order valence-corrected chi connectivity index (χ2v) is 4.48. The average Bonchev–Trinajstić information content (AvgIpc) is 2.37. The van der Waals surface area contributed by atoms with Crippen LogP contribution < -0.4 is 5.32 Å². The number of hydrogen-bond donors (Lipinski definition) is 2. The number of carbonyl (C=O) groups excluding carboxylic acids is 1. The highest BCUT2D eigenvalue weighted by Gasteiger charge is 2.26. The van der Waals surface area contributed by atoms with Crippen molar-refractivity contribution in [2.24, 2.45) is 0 Å². The predicted molar refractivity (Wildman–Crippen MR) is 67.9 cm³/mol. The lowest BCUT2D eigenvalue weighted by molar-refractivity contribution is -0.139. The molecule has 0 aromatic heterocycles. The van der Waals surface area contributed by atoms with Crippen molar-refractivity contribution in [3.8, 4) is 12.3 Å². The summed E-state index contributed by atoms with van der Waals surface area (Å²) in [5, 5.41) is 11.6. The highest BCUT2D eigenvalue weighted by molar-refractivity contribution is 5.78. The van der Waals surface area contributed by atoms with Crippen molar-refractivity contribution in [1.29, 1.82) is 0 Å². The van der Waals surface area contributed by atoms with E-state index < -0.39 is 5.97 Å². The van der Waals surface area contributed by atoms with Gasteiger partial charge in [0.25, 0.3) is 0 Å². The zero-order valence-corrected chi connectivity index (χ0v) is 10.5. The number of nitrogens with one attached hydrogen (secondary N) is 1. The second kappa shape index (κ2) is 7.72. The first-order chi connectivity index (χ1) is 8.65. The molecule has 1 unspecified atom stereocenters. The highest BCUT2D eigenvalue weighted by Crippen LogP contribution is 2.20. The first-order valence-corrected chi connectivity index (χ1v) is 6.30. The van der Waals surface area contributed by atoms with E-state index in [2.05, 4.69) is 11.2 Å². The average molecular weight is 252 g/mol. The molecule has 0 aromatic rings. The van der Waals surface area contributed by atoms with Gasteiger partial charge in [-0.25, -0.2) is 0 Å². The Labute approximate surface area is 108 Å². The number of carboxylic acids is 1. The van der Waals surface area contributed by atoms with Crippen LogP contribution in [0.1, 0.15) is 32.1 Å². The lowest BCUT2D eigenvalue weighted by Gasteiger charge is -2.35. The van der Waals surface area contributed by atoms with Crippen LogP contribution in [0.15, 0.2) is 0 Å². The van der Waals surface area contributed by atoms with Crippen molar-refractivity contribution < 1.29 is 14.7 Å². The summed E-state index contributed by atoms with van der Waals surface area (Å²) in [6.45, 7) is 1.33. The monoisotopic (exact) mass is 252 g/mol. The van der Waals surface area contributed by atoms with Gasteiger partial charge in [-0.15, -0.1) is 6.42 Å². The molecule has 0 aromatic carbocycles. The first-order valence-electron chi connectivity index (χ1n) is 6.30. The Morgan fingerprint density at radius 2 is 2.22 bits per heavy atom. The number of carboxylic acid groups (broad SMARTS) is 1. The number of carbonyl (C=O) groups is 2. The molecule has 0 radical (unpaired) electrons. The number of piperidine rings is 1. The van der Waals surface area contributed by atoms with Crippen LogP contribution >= 0.6 is 0 Å². The number of nitrogens with zero attached hydrogens (tertiary/aromatic N) is 1. The van der Waals surface area contributed by atoms with Crippen LogP contribution in [-0.4, -0.2) is 47.6 Å². The minimum absolute atomic E-state index is 0.0142. The van der Waals surface area contributed by atoms with Crippen LogP contribution in [0.5, 0.6) is 0 Å². The lowest BCUT2D eigenvalue weighted by atomic mass is 9.98. The van der Waals surface area contributed by atoms with E-state index in [1.165, 1.54) is 0 Å². The zero-order valence-electron chi connectivity index (χ0n) is 10.5. The number of rotatable bonds is 6. The maximum atomic E-state index is 12.0. The molecular formula is C13H20N2O3. The fourth-order valence-electron chi connectivity index (χ4n) is 2.26. The standard InChI is InChI=1S/C13H20N2O3/c1-2-8-14-10-12(16)15-9-4-3-5-11(15)6-7-13(17)18/h1,11,14H,3-10H2,(H,17,18). The number of amides is 1. The smallest absolute Gasteiger partial charge is 0.303 e. The summed E-state index contributed by atoms with van der Waals surface area (Å²) in [5.74, 6) is 1.62. The van der Waals surface area contributed by atoms with Crippen LogP contribution in [0.3, 0.4) is 0 Å². The SMILES string of the molecule is C#CCNCC(=O)N1CCCCC1CCC(=O)O. The molecule has 1 amide bonds. The largest absolute Gasteiger partial charge is 0.481 e. The Morgan fingerprint density at radius 3 is 2.89 bits per heavy atom. The van der Waals surface area contributed by atoms with Crippen molar-refractivity contribution in [3.05, 3.63) is 0 Å². The Bertz CT molecular complexity index is 336. The molecule has 1 fully saturated rings. The number of terminal acetylenes is 1. The van der Waals surface area contributed by atoms with Gasteiger partial charge in [-0.3, -0.25) is 14.9 Å². The van der Waals surface area contributed by atoms with Crippen molar-refractivity contribution in [3.63, 3.8) is 0 Å². The van der Waals surface area contributed by atoms with Gasteiger partial charge >= 0.3 is 5.97 Å². The molecule has 18 heavy (non-hydrogen) atoms. The molecule has 0 aliphatic carbocycles. The summed E-state index contributed by atoms with van der Waals surface area (Å²) in [4.78, 5) is 24.4. The van der Waals surface area contributed by atoms with E-state index in [1.807, 2.05) is 0 Å². The van der Waals surface area contributed by atoms with Gasteiger partial charge in [0.1, 0.15) is 0 Å². The predicted octanol–water partition coefficient (Wildman–Crippen LogP) is 0.455. The van der Waals surface area contributed by atoms with E-state index in [1.54, 1.807) is 4.90 Å². The zero-order chi connectivity index (χ0) is 13.4. The summed E-state index contributed by atoms with van der Waals surface area (Å²) in [6.07, 6.45) is 8.70. The van der Waals surface area contributed by atoms with Crippen LogP contribution in [-0.2, 0) is 9.59 Å². The molecule has 1 atom stereocenters. The molecule has 0 bridgehead atoms. The number of likely N-dealkylation sites (tertiary alicyclic amines) is 1. The summed E-state index contributed by atoms with van der Waals surface area (Å²) < 4.78 is 0. The Balaban J connectivity index is 2.45.